The lowest BCUT2D eigenvalue weighted by Crippen LogP contribution is -2.47. The third-order valence-electron chi connectivity index (χ3n) is 5.68. The summed E-state index contributed by atoms with van der Waals surface area (Å²) in [5.41, 5.74) is 0. The van der Waals surface area contributed by atoms with Gasteiger partial charge in [0.2, 0.25) is 0 Å². The molecule has 0 rings (SSSR count). The van der Waals surface area contributed by atoms with Gasteiger partial charge in [0.25, 0.3) is 0 Å². The Bertz CT molecular complexity index is 449. The lowest BCUT2D eigenvalue weighted by atomic mass is 10.1. The molecule has 2 atom stereocenters. The van der Waals surface area contributed by atoms with Crippen LogP contribution < -0.4 is 0 Å². The minimum absolute atomic E-state index is 0.0196. The summed E-state index contributed by atoms with van der Waals surface area (Å²) in [4.78, 5) is 0. The van der Waals surface area contributed by atoms with Crippen LogP contribution >= 0.6 is 0 Å². The molecule has 0 aliphatic carbocycles. The van der Waals surface area contributed by atoms with Gasteiger partial charge in [-0.2, -0.15) is 0 Å². The first kappa shape index (κ1) is 24.6. The number of rotatable bonds is 9. The van der Waals surface area contributed by atoms with Gasteiger partial charge in [0.15, 0.2) is 16.6 Å². The molecule has 6 heteroatoms. The maximum atomic E-state index is 9.09. The van der Waals surface area contributed by atoms with E-state index in [-0.39, 0.29) is 22.3 Å². The Balaban J connectivity index is 5.31. The SMILES string of the molecule is C=CC[C@H](C[C@@H](/C=N/O)O[Si](C)(C)C(C)(C)C)O[Si](C)(C)C(C)(C)C. The zero-order chi connectivity index (χ0) is 20.1. The minimum Gasteiger partial charge on any atom is -0.414 e. The lowest BCUT2D eigenvalue weighted by Gasteiger charge is -2.41. The van der Waals surface area contributed by atoms with E-state index in [1.165, 1.54) is 6.21 Å². The van der Waals surface area contributed by atoms with Gasteiger partial charge in [0.1, 0.15) is 0 Å². The second kappa shape index (κ2) is 8.97. The number of oxime groups is 1. The van der Waals surface area contributed by atoms with Crippen molar-refractivity contribution in [3.8, 4) is 0 Å². The van der Waals surface area contributed by atoms with Gasteiger partial charge in [-0.1, -0.05) is 52.8 Å². The third-order valence-corrected chi connectivity index (χ3v) is 14.7. The summed E-state index contributed by atoms with van der Waals surface area (Å²) in [6, 6.07) is 0. The smallest absolute Gasteiger partial charge is 0.192 e. The van der Waals surface area contributed by atoms with Gasteiger partial charge in [0, 0.05) is 6.42 Å². The van der Waals surface area contributed by atoms with Gasteiger partial charge < -0.3 is 14.1 Å². The number of hydrogen-bond donors (Lipinski definition) is 1. The summed E-state index contributed by atoms with van der Waals surface area (Å²) in [6.45, 7) is 26.2. The quantitative estimate of drug-likeness (QED) is 0.169. The molecule has 0 aromatic carbocycles. The Labute approximate surface area is 157 Å². The Morgan fingerprint density at radius 3 is 1.76 bits per heavy atom. The maximum absolute atomic E-state index is 9.09. The molecule has 0 saturated carbocycles. The second-order valence-electron chi connectivity index (χ2n) is 9.94. The van der Waals surface area contributed by atoms with Crippen molar-refractivity contribution < 1.29 is 14.1 Å². The first-order valence-electron chi connectivity index (χ1n) is 9.21. The fourth-order valence-electron chi connectivity index (χ4n) is 2.00. The fraction of sp³-hybridized carbons (Fsp3) is 0.842. The highest BCUT2D eigenvalue weighted by atomic mass is 28.4. The molecular formula is C19H41NO3Si2. The maximum Gasteiger partial charge on any atom is 0.192 e. The Morgan fingerprint density at radius 1 is 0.960 bits per heavy atom. The molecule has 0 heterocycles. The average molecular weight is 388 g/mol. The summed E-state index contributed by atoms with van der Waals surface area (Å²) >= 11 is 0. The molecule has 0 radical (unpaired) electrons. The largest absolute Gasteiger partial charge is 0.414 e. The van der Waals surface area contributed by atoms with Gasteiger partial charge in [-0.15, -0.1) is 6.58 Å². The molecule has 4 nitrogen and oxygen atoms in total. The van der Waals surface area contributed by atoms with Crippen LogP contribution in [0.2, 0.25) is 36.3 Å². The molecule has 0 saturated heterocycles. The third kappa shape index (κ3) is 7.77. The Morgan fingerprint density at radius 2 is 1.40 bits per heavy atom. The summed E-state index contributed by atoms with van der Waals surface area (Å²) in [7, 11) is -3.85. The van der Waals surface area contributed by atoms with Gasteiger partial charge in [-0.3, -0.25) is 0 Å². The van der Waals surface area contributed by atoms with E-state index in [0.29, 0.717) is 6.42 Å². The Kier molecular flexibility index (Phi) is 8.82. The van der Waals surface area contributed by atoms with E-state index in [1.54, 1.807) is 0 Å². The zero-order valence-corrected chi connectivity index (χ0v) is 20.1. The highest BCUT2D eigenvalue weighted by Gasteiger charge is 2.41. The van der Waals surface area contributed by atoms with E-state index in [2.05, 4.69) is 79.5 Å². The topological polar surface area (TPSA) is 51.1 Å². The monoisotopic (exact) mass is 387 g/mol. The lowest BCUT2D eigenvalue weighted by molar-refractivity contribution is 0.124. The van der Waals surface area contributed by atoms with E-state index < -0.39 is 16.6 Å². The van der Waals surface area contributed by atoms with Crippen LogP contribution in [0.25, 0.3) is 0 Å². The molecular weight excluding hydrogens is 346 g/mol. The van der Waals surface area contributed by atoms with Crippen molar-refractivity contribution >= 4 is 22.8 Å². The summed E-state index contributed by atoms with van der Waals surface area (Å²) < 4.78 is 13.0. The van der Waals surface area contributed by atoms with Crippen LogP contribution in [-0.2, 0) is 8.85 Å². The van der Waals surface area contributed by atoms with Crippen molar-refractivity contribution in [2.24, 2.45) is 5.16 Å². The van der Waals surface area contributed by atoms with Crippen molar-refractivity contribution in [3.05, 3.63) is 12.7 Å². The van der Waals surface area contributed by atoms with Gasteiger partial charge in [-0.05, 0) is 42.7 Å². The standard InChI is InChI=1S/C19H41NO3Si2/c1-12-13-16(22-24(8,9)18(2,3)4)14-17(15-20-21)23-25(10,11)19(5,6)7/h12,15-17,21H,1,13-14H2,2-11H3/b20-15+/t16-,17+/m1/s1. The average Bonchev–Trinajstić information content (AvgIpc) is 2.35. The Hall–Kier alpha value is -0.436. The molecule has 1 N–H and O–H groups in total. The molecule has 0 fully saturated rings. The fourth-order valence-corrected chi connectivity index (χ4v) is 4.65. The molecule has 0 amide bonds. The van der Waals surface area contributed by atoms with E-state index in [1.807, 2.05) is 6.08 Å². The highest BCUT2D eigenvalue weighted by molar-refractivity contribution is 6.74. The zero-order valence-electron chi connectivity index (χ0n) is 18.1. The van der Waals surface area contributed by atoms with E-state index in [0.717, 1.165) is 6.42 Å². The molecule has 0 unspecified atom stereocenters. The van der Waals surface area contributed by atoms with E-state index >= 15 is 0 Å². The van der Waals surface area contributed by atoms with Crippen LogP contribution in [0.15, 0.2) is 17.8 Å². The van der Waals surface area contributed by atoms with Crippen molar-refractivity contribution in [2.75, 3.05) is 0 Å². The van der Waals surface area contributed by atoms with Crippen molar-refractivity contribution in [1.29, 1.82) is 0 Å². The number of nitrogens with zero attached hydrogens (tertiary/aromatic N) is 1. The highest BCUT2D eigenvalue weighted by Crippen LogP contribution is 2.40. The normalized spacial score (nSPS) is 16.9. The minimum atomic E-state index is -1.96. The molecule has 0 aromatic rings. The first-order chi connectivity index (χ1) is 11.1. The van der Waals surface area contributed by atoms with Crippen molar-refractivity contribution in [2.45, 2.75) is 103 Å². The molecule has 148 valence electrons. The number of hydrogen-bond acceptors (Lipinski definition) is 4. The van der Waals surface area contributed by atoms with Crippen LogP contribution in [0.1, 0.15) is 54.4 Å². The molecule has 0 bridgehead atoms. The molecule has 0 spiro atoms. The predicted molar refractivity (Wildman–Crippen MR) is 114 cm³/mol. The second-order valence-corrected chi connectivity index (χ2v) is 19.5. The van der Waals surface area contributed by atoms with E-state index in [4.69, 9.17) is 14.1 Å². The van der Waals surface area contributed by atoms with Crippen LogP contribution in [0, 0.1) is 0 Å². The van der Waals surface area contributed by atoms with Crippen LogP contribution in [0.3, 0.4) is 0 Å². The molecule has 0 aromatic heterocycles. The first-order valence-corrected chi connectivity index (χ1v) is 15.0. The van der Waals surface area contributed by atoms with Gasteiger partial charge >= 0.3 is 0 Å². The van der Waals surface area contributed by atoms with Crippen molar-refractivity contribution in [1.82, 2.24) is 0 Å². The van der Waals surface area contributed by atoms with Gasteiger partial charge in [-0.25, -0.2) is 0 Å². The molecule has 0 aliphatic heterocycles. The van der Waals surface area contributed by atoms with E-state index in [9.17, 15) is 0 Å². The van der Waals surface area contributed by atoms with Crippen molar-refractivity contribution in [3.63, 3.8) is 0 Å². The van der Waals surface area contributed by atoms with Crippen LogP contribution in [0.5, 0.6) is 0 Å². The molecule has 0 aliphatic rings. The van der Waals surface area contributed by atoms with Crippen LogP contribution in [0.4, 0.5) is 0 Å². The van der Waals surface area contributed by atoms with Gasteiger partial charge in [0.05, 0.1) is 18.4 Å². The molecule has 25 heavy (non-hydrogen) atoms. The van der Waals surface area contributed by atoms with Crippen LogP contribution in [-0.4, -0.2) is 40.3 Å². The predicted octanol–water partition coefficient (Wildman–Crippen LogP) is 6.19. The summed E-state index contributed by atoms with van der Waals surface area (Å²) in [5, 5.41) is 12.6. The summed E-state index contributed by atoms with van der Waals surface area (Å²) in [5.74, 6) is 0. The summed E-state index contributed by atoms with van der Waals surface area (Å²) in [6.07, 6.45) is 4.62.